The van der Waals surface area contributed by atoms with E-state index in [0.717, 1.165) is 12.1 Å². The maximum Gasteiger partial charge on any atom is 0.0414 e. The Labute approximate surface area is 92.4 Å². The van der Waals surface area contributed by atoms with Crippen LogP contribution in [0.5, 0.6) is 0 Å². The standard InChI is InChI=1S/C13H20N2/c1-10(2)9-15(4)13-8-6-5-7-12(13)11(3)14/h5-8,11H,1,9,14H2,2-4H3/t11-/m1/s1. The Hall–Kier alpha value is -1.28. The van der Waals surface area contributed by atoms with Gasteiger partial charge in [0, 0.05) is 25.3 Å². The quantitative estimate of drug-likeness (QED) is 0.764. The van der Waals surface area contributed by atoms with Crippen LogP contribution in [0.4, 0.5) is 5.69 Å². The number of nitrogens with zero attached hydrogens (tertiary/aromatic N) is 1. The van der Waals surface area contributed by atoms with Crippen molar-refractivity contribution in [3.05, 3.63) is 42.0 Å². The predicted molar refractivity (Wildman–Crippen MR) is 67.1 cm³/mol. The smallest absolute Gasteiger partial charge is 0.0414 e. The van der Waals surface area contributed by atoms with Crippen molar-refractivity contribution in [3.8, 4) is 0 Å². The van der Waals surface area contributed by atoms with Crippen LogP contribution in [0.2, 0.25) is 0 Å². The third-order valence-corrected chi connectivity index (χ3v) is 2.35. The van der Waals surface area contributed by atoms with Gasteiger partial charge in [0.05, 0.1) is 0 Å². The molecule has 1 rings (SSSR count). The van der Waals surface area contributed by atoms with Gasteiger partial charge in [-0.25, -0.2) is 0 Å². The fourth-order valence-electron chi connectivity index (χ4n) is 1.71. The molecule has 0 unspecified atom stereocenters. The van der Waals surface area contributed by atoms with Crippen LogP contribution in [-0.2, 0) is 0 Å². The van der Waals surface area contributed by atoms with Gasteiger partial charge in [-0.2, -0.15) is 0 Å². The Kier molecular flexibility index (Phi) is 3.92. The van der Waals surface area contributed by atoms with Crippen molar-refractivity contribution in [1.29, 1.82) is 0 Å². The molecule has 2 N–H and O–H groups in total. The Bertz CT molecular complexity index is 342. The molecule has 0 aliphatic carbocycles. The molecule has 0 aliphatic heterocycles. The highest BCUT2D eigenvalue weighted by Gasteiger charge is 2.09. The minimum atomic E-state index is 0.0637. The first-order chi connectivity index (χ1) is 7.02. The second-order valence-electron chi connectivity index (χ2n) is 4.16. The molecule has 1 aromatic carbocycles. The van der Waals surface area contributed by atoms with E-state index in [1.54, 1.807) is 0 Å². The molecule has 1 atom stereocenters. The first-order valence-corrected chi connectivity index (χ1v) is 5.22. The van der Waals surface area contributed by atoms with Gasteiger partial charge >= 0.3 is 0 Å². The highest BCUT2D eigenvalue weighted by atomic mass is 15.1. The molecule has 1 aromatic rings. The Balaban J connectivity index is 2.97. The molecule has 0 fully saturated rings. The second kappa shape index (κ2) is 4.99. The van der Waals surface area contributed by atoms with E-state index in [4.69, 9.17) is 5.73 Å². The molecule has 0 saturated heterocycles. The van der Waals surface area contributed by atoms with E-state index in [-0.39, 0.29) is 6.04 Å². The van der Waals surface area contributed by atoms with Crippen molar-refractivity contribution >= 4 is 5.69 Å². The lowest BCUT2D eigenvalue weighted by atomic mass is 10.1. The van der Waals surface area contributed by atoms with Crippen LogP contribution >= 0.6 is 0 Å². The normalized spacial score (nSPS) is 12.3. The Morgan fingerprint density at radius 3 is 2.60 bits per heavy atom. The molecule has 2 heteroatoms. The summed E-state index contributed by atoms with van der Waals surface area (Å²) in [5.74, 6) is 0. The predicted octanol–water partition coefficient (Wildman–Crippen LogP) is 2.72. The van der Waals surface area contributed by atoms with Crippen LogP contribution in [0.3, 0.4) is 0 Å². The van der Waals surface area contributed by atoms with Gasteiger partial charge in [0.25, 0.3) is 0 Å². The molecule has 2 nitrogen and oxygen atoms in total. The van der Waals surface area contributed by atoms with Gasteiger partial charge in [0.1, 0.15) is 0 Å². The van der Waals surface area contributed by atoms with Crippen LogP contribution in [-0.4, -0.2) is 13.6 Å². The van der Waals surface area contributed by atoms with Gasteiger partial charge in [0.2, 0.25) is 0 Å². The molecule has 0 amide bonds. The van der Waals surface area contributed by atoms with Crippen LogP contribution in [0, 0.1) is 0 Å². The third kappa shape index (κ3) is 3.10. The van der Waals surface area contributed by atoms with Crippen LogP contribution in [0.25, 0.3) is 0 Å². The zero-order chi connectivity index (χ0) is 11.4. The largest absolute Gasteiger partial charge is 0.370 e. The molecular weight excluding hydrogens is 184 g/mol. The van der Waals surface area contributed by atoms with E-state index in [0.29, 0.717) is 0 Å². The van der Waals surface area contributed by atoms with Crippen molar-refractivity contribution in [2.75, 3.05) is 18.5 Å². The molecule has 0 saturated carbocycles. The van der Waals surface area contributed by atoms with Crippen molar-refractivity contribution in [2.24, 2.45) is 5.73 Å². The first-order valence-electron chi connectivity index (χ1n) is 5.22. The number of hydrogen-bond acceptors (Lipinski definition) is 2. The number of nitrogens with two attached hydrogens (primary N) is 1. The molecule has 0 radical (unpaired) electrons. The van der Waals surface area contributed by atoms with E-state index in [9.17, 15) is 0 Å². The molecule has 0 spiro atoms. The van der Waals surface area contributed by atoms with E-state index >= 15 is 0 Å². The molecule has 0 heterocycles. The van der Waals surface area contributed by atoms with Crippen molar-refractivity contribution in [1.82, 2.24) is 0 Å². The van der Waals surface area contributed by atoms with Crippen LogP contribution in [0.1, 0.15) is 25.5 Å². The van der Waals surface area contributed by atoms with E-state index in [2.05, 4.69) is 30.7 Å². The number of likely N-dealkylation sites (N-methyl/N-ethyl adjacent to an activating group) is 1. The molecule has 0 aliphatic rings. The number of anilines is 1. The number of benzene rings is 1. The van der Waals surface area contributed by atoms with Crippen molar-refractivity contribution in [3.63, 3.8) is 0 Å². The lowest BCUT2D eigenvalue weighted by Gasteiger charge is -2.24. The maximum atomic E-state index is 5.93. The zero-order valence-electron chi connectivity index (χ0n) is 9.83. The molecule has 82 valence electrons. The van der Waals surface area contributed by atoms with Crippen LogP contribution in [0.15, 0.2) is 36.4 Å². The van der Waals surface area contributed by atoms with Crippen molar-refractivity contribution in [2.45, 2.75) is 19.9 Å². The Morgan fingerprint density at radius 2 is 2.07 bits per heavy atom. The number of rotatable bonds is 4. The molecule has 0 aromatic heterocycles. The van der Waals surface area contributed by atoms with E-state index < -0.39 is 0 Å². The fraction of sp³-hybridized carbons (Fsp3) is 0.385. The minimum Gasteiger partial charge on any atom is -0.370 e. The fourth-order valence-corrected chi connectivity index (χ4v) is 1.71. The Morgan fingerprint density at radius 1 is 1.47 bits per heavy atom. The minimum absolute atomic E-state index is 0.0637. The molecular formula is C13H20N2. The summed E-state index contributed by atoms with van der Waals surface area (Å²) >= 11 is 0. The zero-order valence-corrected chi connectivity index (χ0v) is 9.83. The van der Waals surface area contributed by atoms with Gasteiger partial charge < -0.3 is 10.6 Å². The highest BCUT2D eigenvalue weighted by molar-refractivity contribution is 5.54. The second-order valence-corrected chi connectivity index (χ2v) is 4.16. The first kappa shape index (κ1) is 11.8. The van der Waals surface area contributed by atoms with Gasteiger partial charge in [-0.05, 0) is 25.5 Å². The van der Waals surface area contributed by atoms with Gasteiger partial charge in [-0.1, -0.05) is 30.4 Å². The highest BCUT2D eigenvalue weighted by Crippen LogP contribution is 2.24. The summed E-state index contributed by atoms with van der Waals surface area (Å²) in [4.78, 5) is 2.18. The monoisotopic (exact) mass is 204 g/mol. The third-order valence-electron chi connectivity index (χ3n) is 2.35. The average molecular weight is 204 g/mol. The summed E-state index contributed by atoms with van der Waals surface area (Å²) in [6.45, 7) is 8.83. The average Bonchev–Trinajstić information content (AvgIpc) is 2.16. The summed E-state index contributed by atoms with van der Waals surface area (Å²) in [7, 11) is 2.07. The van der Waals surface area contributed by atoms with Gasteiger partial charge in [-0.3, -0.25) is 0 Å². The van der Waals surface area contributed by atoms with E-state index in [1.807, 2.05) is 26.0 Å². The molecule has 0 bridgehead atoms. The van der Waals surface area contributed by atoms with E-state index in [1.165, 1.54) is 11.3 Å². The van der Waals surface area contributed by atoms with Crippen molar-refractivity contribution < 1.29 is 0 Å². The summed E-state index contributed by atoms with van der Waals surface area (Å²) in [6, 6.07) is 8.30. The summed E-state index contributed by atoms with van der Waals surface area (Å²) < 4.78 is 0. The summed E-state index contributed by atoms with van der Waals surface area (Å²) in [5.41, 5.74) is 9.46. The van der Waals surface area contributed by atoms with Gasteiger partial charge in [-0.15, -0.1) is 0 Å². The summed E-state index contributed by atoms with van der Waals surface area (Å²) in [6.07, 6.45) is 0. The lowest BCUT2D eigenvalue weighted by Crippen LogP contribution is -2.22. The lowest BCUT2D eigenvalue weighted by molar-refractivity contribution is 0.808. The number of para-hydroxylation sites is 1. The topological polar surface area (TPSA) is 29.3 Å². The maximum absolute atomic E-state index is 5.93. The SMILES string of the molecule is C=C(C)CN(C)c1ccccc1[C@@H](C)N. The van der Waals surface area contributed by atoms with Gasteiger partial charge in [0.15, 0.2) is 0 Å². The van der Waals surface area contributed by atoms with Crippen LogP contribution < -0.4 is 10.6 Å². The summed E-state index contributed by atoms with van der Waals surface area (Å²) in [5, 5.41) is 0. The molecule has 15 heavy (non-hydrogen) atoms. The number of hydrogen-bond donors (Lipinski definition) is 1.